The number of nitrogens with one attached hydrogen (secondary N) is 2. The Kier molecular flexibility index (Phi) is 7.35. The summed E-state index contributed by atoms with van der Waals surface area (Å²) in [6.07, 6.45) is 1.41. The number of rotatable bonds is 7. The van der Waals surface area contributed by atoms with Crippen molar-refractivity contribution in [1.29, 1.82) is 5.26 Å². The number of carbonyl (C=O) groups is 2. The van der Waals surface area contributed by atoms with Crippen LogP contribution in [0.2, 0.25) is 0 Å². The Morgan fingerprint density at radius 3 is 2.21 bits per heavy atom. The second-order valence-electron chi connectivity index (χ2n) is 6.59. The monoisotopic (exact) mass is 376 g/mol. The lowest BCUT2D eigenvalue weighted by molar-refractivity contribution is -0.129. The summed E-state index contributed by atoms with van der Waals surface area (Å²) >= 11 is 0. The number of carbonyl (C=O) groups excluding carboxylic acids is 2. The van der Waals surface area contributed by atoms with Gasteiger partial charge in [0.1, 0.15) is 11.6 Å². The van der Waals surface area contributed by atoms with Crippen LogP contribution in [-0.4, -0.2) is 22.8 Å². The van der Waals surface area contributed by atoms with Crippen LogP contribution >= 0.6 is 0 Å². The van der Waals surface area contributed by atoms with Crippen LogP contribution in [0.4, 0.5) is 11.4 Å². The smallest absolute Gasteiger partial charge is 0.266 e. The van der Waals surface area contributed by atoms with E-state index in [2.05, 4.69) is 10.6 Å². The Balaban J connectivity index is 2.11. The quantitative estimate of drug-likeness (QED) is 0.567. The molecule has 2 aromatic rings. The fourth-order valence-electron chi connectivity index (χ4n) is 2.57. The van der Waals surface area contributed by atoms with Gasteiger partial charge in [-0.25, -0.2) is 0 Å². The summed E-state index contributed by atoms with van der Waals surface area (Å²) in [7, 11) is 0. The molecule has 2 N–H and O–H groups in total. The van der Waals surface area contributed by atoms with Crippen LogP contribution in [0.3, 0.4) is 0 Å². The lowest BCUT2D eigenvalue weighted by Gasteiger charge is -2.26. The van der Waals surface area contributed by atoms with Crippen molar-refractivity contribution in [3.8, 4) is 6.07 Å². The zero-order chi connectivity index (χ0) is 20.5. The van der Waals surface area contributed by atoms with Crippen molar-refractivity contribution in [3.05, 3.63) is 71.9 Å². The van der Waals surface area contributed by atoms with Gasteiger partial charge in [-0.3, -0.25) is 9.59 Å². The first-order valence-electron chi connectivity index (χ1n) is 9.00. The van der Waals surface area contributed by atoms with Gasteiger partial charge in [0.25, 0.3) is 5.91 Å². The summed E-state index contributed by atoms with van der Waals surface area (Å²) in [6, 6.07) is 18.6. The third-order valence-corrected chi connectivity index (χ3v) is 4.02. The Bertz CT molecular complexity index is 881. The van der Waals surface area contributed by atoms with E-state index in [1.807, 2.05) is 50.2 Å². The van der Waals surface area contributed by atoms with E-state index in [1.165, 1.54) is 13.1 Å². The Labute approximate surface area is 165 Å². The largest absolute Gasteiger partial charge is 0.360 e. The fraction of sp³-hybridized carbons (Fsp3) is 0.227. The van der Waals surface area contributed by atoms with Crippen LogP contribution in [0, 0.1) is 11.3 Å². The maximum absolute atomic E-state index is 12.9. The third kappa shape index (κ3) is 5.99. The van der Waals surface area contributed by atoms with Crippen LogP contribution in [0.5, 0.6) is 0 Å². The van der Waals surface area contributed by atoms with Crippen molar-refractivity contribution in [2.45, 2.75) is 33.4 Å². The number of hydrogen-bond acceptors (Lipinski definition) is 4. The highest BCUT2D eigenvalue weighted by molar-refractivity contribution is 5.97. The summed E-state index contributed by atoms with van der Waals surface area (Å²) in [5.74, 6) is -0.478. The molecule has 0 fully saturated rings. The molecule has 6 nitrogen and oxygen atoms in total. The molecular formula is C22H24N4O2. The van der Waals surface area contributed by atoms with Gasteiger partial charge in [-0.2, -0.15) is 5.26 Å². The molecule has 0 heterocycles. The standard InChI is InChI=1S/C22H24N4O2/c1-16(2)26(15-18-7-5-4-6-8-18)22(28)19(13-23)14-24-20-9-11-21(12-10-20)25-17(3)27/h4-12,14,16,24H,15H2,1-3H3,(H,25,27)/b19-14-. The number of anilines is 2. The second kappa shape index (κ2) is 9.93. The molecule has 0 saturated carbocycles. The van der Waals surface area contributed by atoms with Crippen molar-refractivity contribution < 1.29 is 9.59 Å². The molecule has 144 valence electrons. The number of nitrogens with zero attached hydrogens (tertiary/aromatic N) is 2. The first-order valence-corrected chi connectivity index (χ1v) is 9.00. The SMILES string of the molecule is CC(=O)Nc1ccc(N/C=C(/C#N)C(=O)N(Cc2ccccc2)C(C)C)cc1. The molecule has 0 saturated heterocycles. The van der Waals surface area contributed by atoms with Crippen molar-refractivity contribution in [2.24, 2.45) is 0 Å². The predicted molar refractivity (Wildman–Crippen MR) is 110 cm³/mol. The molecule has 2 amide bonds. The minimum absolute atomic E-state index is 0.0237. The molecule has 6 heteroatoms. The van der Waals surface area contributed by atoms with Crippen molar-refractivity contribution in [2.75, 3.05) is 10.6 Å². The Hall–Kier alpha value is -3.59. The average Bonchev–Trinajstić information content (AvgIpc) is 2.67. The molecule has 0 radical (unpaired) electrons. The van der Waals surface area contributed by atoms with Crippen molar-refractivity contribution in [1.82, 2.24) is 4.90 Å². The molecule has 28 heavy (non-hydrogen) atoms. The molecule has 0 bridgehead atoms. The summed E-state index contributed by atoms with van der Waals surface area (Å²) in [4.78, 5) is 25.6. The van der Waals surface area contributed by atoms with E-state index in [0.717, 1.165) is 5.56 Å². The number of hydrogen-bond donors (Lipinski definition) is 2. The van der Waals surface area contributed by atoms with Crippen LogP contribution in [-0.2, 0) is 16.1 Å². The first kappa shape index (κ1) is 20.7. The summed E-state index contributed by atoms with van der Waals surface area (Å²) in [5.41, 5.74) is 2.40. The van der Waals surface area contributed by atoms with Gasteiger partial charge in [0.15, 0.2) is 0 Å². The normalized spacial score (nSPS) is 10.9. The molecule has 2 rings (SSSR count). The van der Waals surface area contributed by atoms with Gasteiger partial charge in [0, 0.05) is 37.1 Å². The molecule has 0 unspecified atom stereocenters. The van der Waals surface area contributed by atoms with E-state index in [9.17, 15) is 14.9 Å². The maximum atomic E-state index is 12.9. The van der Waals surface area contributed by atoms with Crippen LogP contribution in [0.1, 0.15) is 26.3 Å². The van der Waals surface area contributed by atoms with Crippen LogP contribution < -0.4 is 10.6 Å². The number of nitriles is 1. The maximum Gasteiger partial charge on any atom is 0.266 e. The van der Waals surface area contributed by atoms with Gasteiger partial charge in [-0.1, -0.05) is 30.3 Å². The predicted octanol–water partition coefficient (Wildman–Crippen LogP) is 3.90. The second-order valence-corrected chi connectivity index (χ2v) is 6.59. The van der Waals surface area contributed by atoms with Gasteiger partial charge in [0.2, 0.25) is 5.91 Å². The lowest BCUT2D eigenvalue weighted by Crippen LogP contribution is -2.37. The van der Waals surface area contributed by atoms with E-state index in [-0.39, 0.29) is 23.4 Å². The molecule has 2 aromatic carbocycles. The highest BCUT2D eigenvalue weighted by Gasteiger charge is 2.21. The number of benzene rings is 2. The topological polar surface area (TPSA) is 85.2 Å². The van der Waals surface area contributed by atoms with E-state index >= 15 is 0 Å². The Morgan fingerprint density at radius 2 is 1.68 bits per heavy atom. The van der Waals surface area contributed by atoms with E-state index in [1.54, 1.807) is 29.2 Å². The van der Waals surface area contributed by atoms with E-state index in [0.29, 0.717) is 17.9 Å². The number of amides is 2. The third-order valence-electron chi connectivity index (χ3n) is 4.02. The van der Waals surface area contributed by atoms with Gasteiger partial charge < -0.3 is 15.5 Å². The fourth-order valence-corrected chi connectivity index (χ4v) is 2.57. The average molecular weight is 376 g/mol. The van der Waals surface area contributed by atoms with E-state index in [4.69, 9.17) is 0 Å². The van der Waals surface area contributed by atoms with Crippen LogP contribution in [0.15, 0.2) is 66.4 Å². The molecule has 0 aliphatic carbocycles. The lowest BCUT2D eigenvalue weighted by atomic mass is 10.1. The van der Waals surface area contributed by atoms with Crippen molar-refractivity contribution >= 4 is 23.2 Å². The van der Waals surface area contributed by atoms with Crippen molar-refractivity contribution in [3.63, 3.8) is 0 Å². The summed E-state index contributed by atoms with van der Waals surface area (Å²) in [6.45, 7) is 5.71. The summed E-state index contributed by atoms with van der Waals surface area (Å²) in [5, 5.41) is 15.1. The highest BCUT2D eigenvalue weighted by atomic mass is 16.2. The minimum atomic E-state index is -0.330. The molecule has 0 spiro atoms. The van der Waals surface area contributed by atoms with E-state index < -0.39 is 0 Å². The van der Waals surface area contributed by atoms with Gasteiger partial charge in [-0.05, 0) is 43.7 Å². The van der Waals surface area contributed by atoms with Gasteiger partial charge in [-0.15, -0.1) is 0 Å². The molecular weight excluding hydrogens is 352 g/mol. The van der Waals surface area contributed by atoms with Gasteiger partial charge in [0.05, 0.1) is 0 Å². The highest BCUT2D eigenvalue weighted by Crippen LogP contribution is 2.16. The molecule has 0 aliphatic rings. The zero-order valence-corrected chi connectivity index (χ0v) is 16.3. The molecule has 0 aliphatic heterocycles. The zero-order valence-electron chi connectivity index (χ0n) is 16.3. The first-order chi connectivity index (χ1) is 13.4. The molecule has 0 atom stereocenters. The summed E-state index contributed by atoms with van der Waals surface area (Å²) < 4.78 is 0. The minimum Gasteiger partial charge on any atom is -0.360 e. The van der Waals surface area contributed by atoms with Gasteiger partial charge >= 0.3 is 0 Å². The Morgan fingerprint density at radius 1 is 1.07 bits per heavy atom. The molecule has 0 aromatic heterocycles. The van der Waals surface area contributed by atoms with Crippen LogP contribution in [0.25, 0.3) is 0 Å².